The van der Waals surface area contributed by atoms with E-state index in [0.29, 0.717) is 36.7 Å². The molecule has 154 valence electrons. The van der Waals surface area contributed by atoms with E-state index < -0.39 is 5.60 Å². The topological polar surface area (TPSA) is 45.7 Å². The zero-order valence-electron chi connectivity index (χ0n) is 17.6. The molecule has 1 aliphatic carbocycles. The van der Waals surface area contributed by atoms with Gasteiger partial charge >= 0.3 is 6.09 Å². The van der Waals surface area contributed by atoms with Gasteiger partial charge in [-0.1, -0.05) is 35.3 Å². The van der Waals surface area contributed by atoms with Crippen LogP contribution >= 0.6 is 11.6 Å². The minimum atomic E-state index is -0.500. The van der Waals surface area contributed by atoms with Crippen LogP contribution in [0.5, 0.6) is 0 Å². The van der Waals surface area contributed by atoms with Crippen molar-refractivity contribution in [3.63, 3.8) is 0 Å². The molecule has 1 unspecified atom stereocenters. The molecule has 1 saturated heterocycles. The van der Waals surface area contributed by atoms with Gasteiger partial charge in [0.1, 0.15) is 13.4 Å². The molecule has 0 saturated carbocycles. The second-order valence-corrected chi connectivity index (χ2v) is 9.15. The molecular formula is C23H25BClN3O2. The summed E-state index contributed by atoms with van der Waals surface area (Å²) in [6.45, 7) is 8.26. The molecule has 2 radical (unpaired) electrons. The highest BCUT2D eigenvalue weighted by Gasteiger charge is 2.33. The fourth-order valence-corrected chi connectivity index (χ4v) is 4.22. The first-order valence-electron chi connectivity index (χ1n) is 10.2. The third-order valence-electron chi connectivity index (χ3n) is 5.39. The van der Waals surface area contributed by atoms with Crippen molar-refractivity contribution < 1.29 is 9.53 Å². The van der Waals surface area contributed by atoms with Gasteiger partial charge in [0.05, 0.1) is 11.7 Å². The number of rotatable bonds is 1. The number of pyridine rings is 1. The molecule has 4 rings (SSSR count). The molecule has 1 aromatic heterocycles. The molecule has 7 heteroatoms. The van der Waals surface area contributed by atoms with Gasteiger partial charge in [-0.15, -0.1) is 0 Å². The smallest absolute Gasteiger partial charge is 0.410 e. The summed E-state index contributed by atoms with van der Waals surface area (Å²) in [5.41, 5.74) is 4.15. The highest BCUT2D eigenvalue weighted by Crippen LogP contribution is 2.39. The Morgan fingerprint density at radius 2 is 1.93 bits per heavy atom. The SMILES string of the molecule is [B]C1=Cc2cccnc2C(N2CCN(C(=O)OC(C)(C)C)CC2)c2ccc(Cl)cc21. The highest BCUT2D eigenvalue weighted by atomic mass is 35.5. The van der Waals surface area contributed by atoms with Crippen molar-refractivity contribution in [1.82, 2.24) is 14.8 Å². The standard InChI is InChI=1S/C23H25BClN3O2/c1-23(2,3)30-22(29)28-11-9-27(10-12-28)21-17-7-6-16(25)14-18(17)19(24)13-15-5-4-8-26-20(15)21/h4-8,13-14,21H,9-12H2,1-3H3. The lowest BCUT2D eigenvalue weighted by molar-refractivity contribution is 0.0118. The fourth-order valence-electron chi connectivity index (χ4n) is 4.05. The van der Waals surface area contributed by atoms with Crippen LogP contribution in [0, 0.1) is 0 Å². The minimum Gasteiger partial charge on any atom is -0.444 e. The maximum atomic E-state index is 12.5. The first-order chi connectivity index (χ1) is 14.2. The van der Waals surface area contributed by atoms with E-state index in [4.69, 9.17) is 29.2 Å². The second kappa shape index (κ2) is 8.08. The molecular weight excluding hydrogens is 397 g/mol. The Bertz CT molecular complexity index is 994. The third kappa shape index (κ3) is 4.25. The van der Waals surface area contributed by atoms with Crippen LogP contribution in [0.2, 0.25) is 5.02 Å². The van der Waals surface area contributed by atoms with E-state index in [1.54, 1.807) is 4.90 Å². The Kier molecular flexibility index (Phi) is 5.64. The Hall–Kier alpha value is -2.31. The van der Waals surface area contributed by atoms with Crippen molar-refractivity contribution in [3.05, 3.63) is 63.9 Å². The molecule has 0 spiro atoms. The summed E-state index contributed by atoms with van der Waals surface area (Å²) in [6, 6.07) is 9.74. The number of hydrogen-bond acceptors (Lipinski definition) is 4. The van der Waals surface area contributed by atoms with Crippen LogP contribution in [0.3, 0.4) is 0 Å². The first-order valence-corrected chi connectivity index (χ1v) is 10.5. The van der Waals surface area contributed by atoms with E-state index in [9.17, 15) is 4.79 Å². The first kappa shape index (κ1) is 20.9. The largest absolute Gasteiger partial charge is 0.444 e. The van der Waals surface area contributed by atoms with Crippen molar-refractivity contribution in [2.75, 3.05) is 26.2 Å². The summed E-state index contributed by atoms with van der Waals surface area (Å²) in [5, 5.41) is 0.650. The zero-order valence-corrected chi connectivity index (χ0v) is 18.3. The lowest BCUT2D eigenvalue weighted by Crippen LogP contribution is -2.51. The molecule has 0 N–H and O–H groups in total. The van der Waals surface area contributed by atoms with E-state index in [2.05, 4.69) is 4.90 Å². The van der Waals surface area contributed by atoms with Gasteiger partial charge in [-0.25, -0.2) is 4.79 Å². The number of benzene rings is 1. The number of aromatic nitrogens is 1. The van der Waals surface area contributed by atoms with Crippen LogP contribution in [-0.2, 0) is 4.74 Å². The van der Waals surface area contributed by atoms with E-state index in [0.717, 1.165) is 22.4 Å². The van der Waals surface area contributed by atoms with Gasteiger partial charge in [-0.05, 0) is 55.7 Å². The van der Waals surface area contributed by atoms with Gasteiger partial charge in [0, 0.05) is 37.4 Å². The van der Waals surface area contributed by atoms with Crippen LogP contribution in [0.4, 0.5) is 4.79 Å². The zero-order chi connectivity index (χ0) is 21.5. The molecule has 30 heavy (non-hydrogen) atoms. The van der Waals surface area contributed by atoms with E-state index in [-0.39, 0.29) is 12.1 Å². The van der Waals surface area contributed by atoms with Gasteiger partial charge in [0.2, 0.25) is 0 Å². The van der Waals surface area contributed by atoms with Gasteiger partial charge in [-0.3, -0.25) is 9.88 Å². The molecule has 1 aromatic carbocycles. The summed E-state index contributed by atoms with van der Waals surface area (Å²) in [7, 11) is 6.43. The molecule has 1 aliphatic heterocycles. The van der Waals surface area contributed by atoms with Gasteiger partial charge < -0.3 is 9.64 Å². The monoisotopic (exact) mass is 421 g/mol. The molecule has 1 fully saturated rings. The normalized spacial score (nSPS) is 19.4. The summed E-state index contributed by atoms with van der Waals surface area (Å²) in [4.78, 5) is 21.3. The Labute approximate surface area is 184 Å². The maximum absolute atomic E-state index is 12.5. The third-order valence-corrected chi connectivity index (χ3v) is 5.63. The average Bonchev–Trinajstić information content (AvgIpc) is 2.81. The summed E-state index contributed by atoms with van der Waals surface area (Å²) in [5.74, 6) is 0. The molecule has 1 amide bonds. The summed E-state index contributed by atoms with van der Waals surface area (Å²) < 4.78 is 5.53. The van der Waals surface area contributed by atoms with Crippen molar-refractivity contribution in [2.45, 2.75) is 32.4 Å². The van der Waals surface area contributed by atoms with Crippen molar-refractivity contribution in [2.24, 2.45) is 0 Å². The molecule has 2 aromatic rings. The highest BCUT2D eigenvalue weighted by molar-refractivity contribution is 6.45. The van der Waals surface area contributed by atoms with Crippen molar-refractivity contribution >= 4 is 37.1 Å². The molecule has 5 nitrogen and oxygen atoms in total. The Morgan fingerprint density at radius 1 is 1.20 bits per heavy atom. The Morgan fingerprint density at radius 3 is 2.63 bits per heavy atom. The molecule has 2 heterocycles. The Balaban J connectivity index is 1.64. The predicted molar refractivity (Wildman–Crippen MR) is 121 cm³/mol. The van der Waals surface area contributed by atoms with Crippen LogP contribution in [0.1, 0.15) is 49.2 Å². The summed E-state index contributed by atoms with van der Waals surface area (Å²) >= 11 is 6.28. The molecule has 1 atom stereocenters. The van der Waals surface area contributed by atoms with Crippen LogP contribution in [0.25, 0.3) is 11.5 Å². The number of piperazine rings is 1. The number of carbonyl (C=O) groups excluding carboxylic acids is 1. The minimum absolute atomic E-state index is 0.0634. The van der Waals surface area contributed by atoms with Crippen molar-refractivity contribution in [1.29, 1.82) is 0 Å². The quantitative estimate of drug-likeness (QED) is 0.642. The number of ether oxygens (including phenoxy) is 1. The number of fused-ring (bicyclic) bond motifs is 2. The molecule has 0 bridgehead atoms. The number of nitrogens with zero attached hydrogens (tertiary/aromatic N) is 3. The lowest BCUT2D eigenvalue weighted by Gasteiger charge is -2.40. The predicted octanol–water partition coefficient (Wildman–Crippen LogP) is 4.36. The number of hydrogen-bond donors (Lipinski definition) is 0. The van der Waals surface area contributed by atoms with Crippen molar-refractivity contribution in [3.8, 4) is 0 Å². The van der Waals surface area contributed by atoms with E-state index in [1.165, 1.54) is 0 Å². The molecule has 2 aliphatic rings. The number of amides is 1. The van der Waals surface area contributed by atoms with Crippen LogP contribution in [-0.4, -0.2) is 60.5 Å². The van der Waals surface area contributed by atoms with Gasteiger partial charge in [0.15, 0.2) is 0 Å². The fraction of sp³-hybridized carbons (Fsp3) is 0.391. The van der Waals surface area contributed by atoms with Crippen LogP contribution < -0.4 is 0 Å². The van der Waals surface area contributed by atoms with Crippen LogP contribution in [0.15, 0.2) is 36.5 Å². The van der Waals surface area contributed by atoms with Gasteiger partial charge in [0.25, 0.3) is 0 Å². The van der Waals surface area contributed by atoms with E-state index in [1.807, 2.05) is 63.4 Å². The van der Waals surface area contributed by atoms with Gasteiger partial charge in [-0.2, -0.15) is 0 Å². The van der Waals surface area contributed by atoms with E-state index >= 15 is 0 Å². The second-order valence-electron chi connectivity index (χ2n) is 8.72. The lowest BCUT2D eigenvalue weighted by atomic mass is 9.84. The number of halogens is 1. The maximum Gasteiger partial charge on any atom is 0.410 e. The number of carbonyl (C=O) groups is 1. The summed E-state index contributed by atoms with van der Waals surface area (Å²) in [6.07, 6.45) is 3.52. The average molecular weight is 422 g/mol.